The second-order valence-electron chi connectivity index (χ2n) is 5.11. The third kappa shape index (κ3) is 4.52. The molecule has 0 aliphatic rings. The van der Waals surface area contributed by atoms with Gasteiger partial charge in [-0.2, -0.15) is 0 Å². The average molecular weight is 423 g/mol. The molecule has 136 valence electrons. The van der Waals surface area contributed by atoms with Gasteiger partial charge in [0.15, 0.2) is 0 Å². The summed E-state index contributed by atoms with van der Waals surface area (Å²) in [5.41, 5.74) is 0.206. The third-order valence-electron chi connectivity index (χ3n) is 3.42. The number of carbonyl (C=O) groups excluding carboxylic acids is 1. The summed E-state index contributed by atoms with van der Waals surface area (Å²) in [6.45, 7) is 0.360. The van der Waals surface area contributed by atoms with Crippen molar-refractivity contribution in [3.8, 4) is 0 Å². The van der Waals surface area contributed by atoms with E-state index in [2.05, 4.69) is 0 Å². The summed E-state index contributed by atoms with van der Waals surface area (Å²) in [6.07, 6.45) is 0. The number of thiophene rings is 1. The molecule has 25 heavy (non-hydrogen) atoms. The van der Waals surface area contributed by atoms with Crippen molar-refractivity contribution in [1.82, 2.24) is 9.37 Å². The first-order chi connectivity index (χ1) is 11.7. The molecule has 2 rings (SSSR count). The molecule has 1 aromatic carbocycles. The fourth-order valence-electron chi connectivity index (χ4n) is 2.03. The summed E-state index contributed by atoms with van der Waals surface area (Å²) in [5, 5.41) is 0.00754. The Morgan fingerprint density at radius 3 is 2.44 bits per heavy atom. The van der Waals surface area contributed by atoms with Crippen LogP contribution in [-0.4, -0.2) is 44.9 Å². The second-order valence-corrected chi connectivity index (χ2v) is 9.22. The van der Waals surface area contributed by atoms with Gasteiger partial charge >= 0.3 is 0 Å². The number of hydrogen-bond donors (Lipinski definition) is 0. The highest BCUT2D eigenvalue weighted by Crippen LogP contribution is 2.27. The minimum Gasteiger partial charge on any atom is -0.337 e. The number of sulfonamides is 1. The van der Waals surface area contributed by atoms with E-state index in [1.54, 1.807) is 13.1 Å². The number of rotatable bonds is 6. The molecule has 0 bridgehead atoms. The van der Waals surface area contributed by atoms with Crippen molar-refractivity contribution >= 4 is 50.5 Å². The molecular weight excluding hydrogens is 407 g/mol. The Balaban J connectivity index is 2.30. The van der Waals surface area contributed by atoms with Crippen LogP contribution in [0.2, 0.25) is 9.36 Å². The number of halogens is 2. The monoisotopic (exact) mass is 422 g/mol. The summed E-state index contributed by atoms with van der Waals surface area (Å²) in [4.78, 5) is 19.5. The van der Waals surface area contributed by atoms with Gasteiger partial charge in [-0.05, 0) is 30.3 Å². The van der Waals surface area contributed by atoms with Gasteiger partial charge in [0.2, 0.25) is 0 Å². The van der Waals surface area contributed by atoms with Crippen LogP contribution in [0.4, 0.5) is 0 Å². The fraction of sp³-hybridized carbons (Fsp3) is 0.267. The molecule has 0 N–H and O–H groups in total. The van der Waals surface area contributed by atoms with Gasteiger partial charge in [0.05, 0.1) is 23.0 Å². The topological polar surface area (TPSA) is 66.9 Å². The lowest BCUT2D eigenvalue weighted by Crippen LogP contribution is -2.28. The average Bonchev–Trinajstić information content (AvgIpc) is 2.98. The van der Waals surface area contributed by atoms with Crippen LogP contribution < -0.4 is 0 Å². The Bertz CT molecular complexity index is 883. The lowest BCUT2D eigenvalue weighted by atomic mass is 10.2. The van der Waals surface area contributed by atoms with Gasteiger partial charge < -0.3 is 4.90 Å². The maximum Gasteiger partial charge on any atom is 0.266 e. The van der Waals surface area contributed by atoms with Crippen LogP contribution in [0, 0.1) is 0 Å². The van der Waals surface area contributed by atoms with Crippen molar-refractivity contribution in [2.75, 3.05) is 21.2 Å². The maximum atomic E-state index is 12.6. The summed E-state index contributed by atoms with van der Waals surface area (Å²) in [7, 11) is 0.127. The first-order valence-corrected chi connectivity index (χ1v) is 10.0. The zero-order valence-electron chi connectivity index (χ0n) is 13.7. The van der Waals surface area contributed by atoms with E-state index in [1.165, 1.54) is 48.6 Å². The van der Waals surface area contributed by atoms with E-state index in [0.29, 0.717) is 15.3 Å². The predicted molar refractivity (Wildman–Crippen MR) is 98.5 cm³/mol. The minimum atomic E-state index is -3.96. The normalized spacial score (nSPS) is 11.8. The van der Waals surface area contributed by atoms with Gasteiger partial charge in [-0.25, -0.2) is 8.42 Å². The highest BCUT2D eigenvalue weighted by molar-refractivity contribution is 7.89. The highest BCUT2D eigenvalue weighted by Gasteiger charge is 2.26. The molecule has 0 fully saturated rings. The minimum absolute atomic E-state index is 0.00754. The third-order valence-corrected chi connectivity index (χ3v) is 6.80. The van der Waals surface area contributed by atoms with E-state index in [1.807, 2.05) is 6.07 Å². The van der Waals surface area contributed by atoms with Gasteiger partial charge in [0.25, 0.3) is 15.9 Å². The Hall–Kier alpha value is -1.16. The van der Waals surface area contributed by atoms with Gasteiger partial charge in [0, 0.05) is 24.5 Å². The lowest BCUT2D eigenvalue weighted by molar-refractivity contribution is -0.0258. The smallest absolute Gasteiger partial charge is 0.266 e. The lowest BCUT2D eigenvalue weighted by Gasteiger charge is -2.18. The van der Waals surface area contributed by atoms with Crippen molar-refractivity contribution in [3.05, 3.63) is 50.1 Å². The molecule has 1 amide bonds. The second kappa shape index (κ2) is 8.03. The van der Waals surface area contributed by atoms with Gasteiger partial charge in [-0.15, -0.1) is 11.3 Å². The summed E-state index contributed by atoms with van der Waals surface area (Å²) in [5.74, 6) is -0.335. The molecule has 0 radical (unpaired) electrons. The van der Waals surface area contributed by atoms with E-state index < -0.39 is 10.0 Å². The Kier molecular flexibility index (Phi) is 6.47. The highest BCUT2D eigenvalue weighted by atomic mass is 35.5. The zero-order valence-corrected chi connectivity index (χ0v) is 16.8. The van der Waals surface area contributed by atoms with E-state index in [9.17, 15) is 13.2 Å². The van der Waals surface area contributed by atoms with Crippen molar-refractivity contribution < 1.29 is 18.0 Å². The van der Waals surface area contributed by atoms with Crippen LogP contribution in [0.5, 0.6) is 0 Å². The number of carbonyl (C=O) groups is 1. The fourth-order valence-corrected chi connectivity index (χ4v) is 4.65. The van der Waals surface area contributed by atoms with Crippen molar-refractivity contribution in [3.63, 3.8) is 0 Å². The molecule has 0 aliphatic heterocycles. The predicted octanol–water partition coefficient (Wildman–Crippen LogP) is 3.51. The van der Waals surface area contributed by atoms with Crippen LogP contribution in [-0.2, 0) is 21.4 Å². The van der Waals surface area contributed by atoms with E-state index >= 15 is 0 Å². The van der Waals surface area contributed by atoms with Crippen LogP contribution in [0.1, 0.15) is 15.2 Å². The molecule has 2 aromatic rings. The molecular formula is C15H16Cl2N2O4S2. The summed E-state index contributed by atoms with van der Waals surface area (Å²) >= 11 is 13.3. The zero-order chi connectivity index (χ0) is 18.8. The van der Waals surface area contributed by atoms with Gasteiger partial charge in [0.1, 0.15) is 4.90 Å². The largest absolute Gasteiger partial charge is 0.337 e. The SMILES string of the molecule is CON(C)S(=O)(=O)c1cc(C(=O)N(C)Cc2ccc(Cl)s2)ccc1Cl. The Labute approximate surface area is 160 Å². The quantitative estimate of drug-likeness (QED) is 0.667. The first kappa shape index (κ1) is 20.2. The molecule has 0 saturated carbocycles. The molecule has 0 atom stereocenters. The Morgan fingerprint density at radius 1 is 1.20 bits per heavy atom. The molecule has 0 aliphatic carbocycles. The number of amides is 1. The van der Waals surface area contributed by atoms with Crippen molar-refractivity contribution in [2.45, 2.75) is 11.4 Å². The maximum absolute atomic E-state index is 12.6. The van der Waals surface area contributed by atoms with Crippen LogP contribution >= 0.6 is 34.5 Å². The molecule has 10 heteroatoms. The summed E-state index contributed by atoms with van der Waals surface area (Å²) in [6, 6.07) is 7.69. The van der Waals surface area contributed by atoms with E-state index in [4.69, 9.17) is 28.0 Å². The molecule has 1 aromatic heterocycles. The molecule has 0 unspecified atom stereocenters. The molecule has 1 heterocycles. The van der Waals surface area contributed by atoms with E-state index in [0.717, 1.165) is 4.88 Å². The van der Waals surface area contributed by atoms with Gasteiger partial charge in [-0.3, -0.25) is 9.63 Å². The molecule has 0 spiro atoms. The number of hydroxylamine groups is 1. The first-order valence-electron chi connectivity index (χ1n) is 6.99. The van der Waals surface area contributed by atoms with Gasteiger partial charge in [-0.1, -0.05) is 27.7 Å². The number of benzene rings is 1. The standard InChI is InChI=1S/C15H16Cl2N2O4S2/c1-18(9-11-5-7-14(17)24-11)15(20)10-4-6-12(16)13(8-10)25(21,22)19(2)23-3/h4-8H,9H2,1-3H3. The molecule has 6 nitrogen and oxygen atoms in total. The molecule has 0 saturated heterocycles. The van der Waals surface area contributed by atoms with E-state index in [-0.39, 0.29) is 21.4 Å². The van der Waals surface area contributed by atoms with Crippen molar-refractivity contribution in [1.29, 1.82) is 0 Å². The summed E-state index contributed by atoms with van der Waals surface area (Å²) < 4.78 is 26.1. The Morgan fingerprint density at radius 2 is 1.88 bits per heavy atom. The number of nitrogens with zero attached hydrogens (tertiary/aromatic N) is 2. The van der Waals surface area contributed by atoms with Crippen molar-refractivity contribution in [2.24, 2.45) is 0 Å². The number of hydrogen-bond acceptors (Lipinski definition) is 5. The van der Waals surface area contributed by atoms with Crippen LogP contribution in [0.25, 0.3) is 0 Å². The van der Waals surface area contributed by atoms with Crippen LogP contribution in [0.3, 0.4) is 0 Å². The van der Waals surface area contributed by atoms with Crippen LogP contribution in [0.15, 0.2) is 35.2 Å².